The molecule has 8 heteroatoms. The largest absolute Gasteiger partial charge is 0.322 e. The number of carbonyl (C=O) groups excluding carboxylic acids is 2. The van der Waals surface area contributed by atoms with E-state index in [1.807, 2.05) is 25.1 Å². The number of anilines is 2. The van der Waals surface area contributed by atoms with Crippen molar-refractivity contribution in [2.24, 2.45) is 0 Å². The molecule has 146 valence electrons. The number of rotatable bonds is 5. The minimum absolute atomic E-state index is 0.0269. The number of nitro benzene ring substituents is 1. The predicted octanol–water partition coefficient (Wildman–Crippen LogP) is 4.15. The quantitative estimate of drug-likeness (QED) is 0.602. The van der Waals surface area contributed by atoms with Gasteiger partial charge in [0.25, 0.3) is 5.69 Å². The van der Waals surface area contributed by atoms with Crippen molar-refractivity contribution in [2.75, 3.05) is 16.0 Å². The van der Waals surface area contributed by atoms with Crippen LogP contribution in [-0.4, -0.2) is 28.0 Å². The molecule has 0 spiro atoms. The molecule has 0 aromatic heterocycles. The number of nitrogens with one attached hydrogen (secondary N) is 1. The molecule has 1 aliphatic rings. The molecule has 2 amide bonds. The van der Waals surface area contributed by atoms with E-state index in [-0.39, 0.29) is 28.5 Å². The van der Waals surface area contributed by atoms with Gasteiger partial charge < -0.3 is 5.32 Å². The number of hydrogen-bond donors (Lipinski definition) is 1. The van der Waals surface area contributed by atoms with E-state index >= 15 is 0 Å². The van der Waals surface area contributed by atoms with Crippen molar-refractivity contribution in [2.45, 2.75) is 31.6 Å². The van der Waals surface area contributed by atoms with Gasteiger partial charge in [-0.1, -0.05) is 24.3 Å². The summed E-state index contributed by atoms with van der Waals surface area (Å²) in [6.45, 7) is 5.33. The Morgan fingerprint density at radius 1 is 1.25 bits per heavy atom. The molecule has 1 heterocycles. The number of nitrogens with zero attached hydrogens (tertiary/aromatic N) is 2. The van der Waals surface area contributed by atoms with Crippen molar-refractivity contribution in [3.8, 4) is 0 Å². The van der Waals surface area contributed by atoms with Gasteiger partial charge in [0.15, 0.2) is 0 Å². The SMILES string of the molecule is C[C@H](SCC(=O)N1c2ccccc2NC(=O)C1(C)C)c1cccc([N+](=O)[O-])c1. The monoisotopic (exact) mass is 399 g/mol. The Morgan fingerprint density at radius 2 is 1.96 bits per heavy atom. The van der Waals surface area contributed by atoms with Gasteiger partial charge in [0.1, 0.15) is 5.54 Å². The summed E-state index contributed by atoms with van der Waals surface area (Å²) in [6, 6.07) is 13.6. The van der Waals surface area contributed by atoms with E-state index in [2.05, 4.69) is 5.32 Å². The minimum Gasteiger partial charge on any atom is -0.322 e. The standard InChI is InChI=1S/C20H21N3O4S/c1-13(14-7-6-8-15(11-14)23(26)27)28-12-18(24)22-17-10-5-4-9-16(17)21-19(25)20(22,2)3/h4-11,13H,12H2,1-3H3,(H,21,25)/t13-/m0/s1. The third kappa shape index (κ3) is 3.73. The highest BCUT2D eigenvalue weighted by Gasteiger charge is 2.43. The Balaban J connectivity index is 1.78. The smallest absolute Gasteiger partial charge is 0.269 e. The van der Waals surface area contributed by atoms with Gasteiger partial charge in [0.2, 0.25) is 11.8 Å². The number of hydrogen-bond acceptors (Lipinski definition) is 5. The number of fused-ring (bicyclic) bond motifs is 1. The number of carbonyl (C=O) groups is 2. The van der Waals surface area contributed by atoms with Crippen LogP contribution in [0.15, 0.2) is 48.5 Å². The molecule has 2 aromatic carbocycles. The van der Waals surface area contributed by atoms with Crippen LogP contribution in [-0.2, 0) is 9.59 Å². The third-order valence-electron chi connectivity index (χ3n) is 4.76. The van der Waals surface area contributed by atoms with Crippen molar-refractivity contribution >= 4 is 40.6 Å². The Kier molecular flexibility index (Phi) is 5.42. The number of benzene rings is 2. The summed E-state index contributed by atoms with van der Waals surface area (Å²) in [4.78, 5) is 37.6. The molecule has 28 heavy (non-hydrogen) atoms. The first kappa shape index (κ1) is 19.9. The van der Waals surface area contributed by atoms with Crippen LogP contribution in [0.1, 0.15) is 31.6 Å². The van der Waals surface area contributed by atoms with Gasteiger partial charge in [-0.2, -0.15) is 0 Å². The molecule has 1 atom stereocenters. The van der Waals surface area contributed by atoms with Crippen LogP contribution in [0.5, 0.6) is 0 Å². The maximum absolute atomic E-state index is 13.0. The third-order valence-corrected chi connectivity index (χ3v) is 5.95. The van der Waals surface area contributed by atoms with Crippen LogP contribution >= 0.6 is 11.8 Å². The lowest BCUT2D eigenvalue weighted by Gasteiger charge is -2.42. The van der Waals surface area contributed by atoms with Gasteiger partial charge in [-0.3, -0.25) is 24.6 Å². The van der Waals surface area contributed by atoms with Gasteiger partial charge in [0.05, 0.1) is 22.1 Å². The predicted molar refractivity (Wildman–Crippen MR) is 111 cm³/mol. The number of thioether (sulfide) groups is 1. The van der Waals surface area contributed by atoms with Crippen LogP contribution in [0.3, 0.4) is 0 Å². The van der Waals surface area contributed by atoms with Crippen molar-refractivity contribution in [3.05, 3.63) is 64.2 Å². The van der Waals surface area contributed by atoms with Gasteiger partial charge in [-0.05, 0) is 38.5 Å². The maximum atomic E-state index is 13.0. The zero-order valence-corrected chi connectivity index (χ0v) is 16.7. The van der Waals surface area contributed by atoms with Crippen LogP contribution in [0.25, 0.3) is 0 Å². The average Bonchev–Trinajstić information content (AvgIpc) is 2.66. The molecule has 0 radical (unpaired) electrons. The van der Waals surface area contributed by atoms with Gasteiger partial charge >= 0.3 is 0 Å². The lowest BCUT2D eigenvalue weighted by Crippen LogP contribution is -2.59. The fraction of sp³-hybridized carbons (Fsp3) is 0.300. The molecule has 7 nitrogen and oxygen atoms in total. The van der Waals surface area contributed by atoms with E-state index in [1.54, 1.807) is 32.0 Å². The molecule has 0 bridgehead atoms. The molecular weight excluding hydrogens is 378 g/mol. The average molecular weight is 399 g/mol. The first-order valence-corrected chi connectivity index (χ1v) is 9.86. The lowest BCUT2D eigenvalue weighted by molar-refractivity contribution is -0.384. The second-order valence-corrected chi connectivity index (χ2v) is 8.39. The summed E-state index contributed by atoms with van der Waals surface area (Å²) >= 11 is 1.38. The van der Waals surface area contributed by atoms with E-state index < -0.39 is 10.5 Å². The summed E-state index contributed by atoms with van der Waals surface area (Å²) < 4.78 is 0. The summed E-state index contributed by atoms with van der Waals surface area (Å²) in [5.74, 6) is -0.277. The number of amides is 2. The molecule has 0 unspecified atom stereocenters. The van der Waals surface area contributed by atoms with E-state index in [0.717, 1.165) is 5.56 Å². The van der Waals surface area contributed by atoms with E-state index in [1.165, 1.54) is 28.8 Å². The first-order chi connectivity index (χ1) is 13.2. The maximum Gasteiger partial charge on any atom is 0.269 e. The fourth-order valence-corrected chi connectivity index (χ4v) is 4.01. The molecule has 0 saturated carbocycles. The van der Waals surface area contributed by atoms with Gasteiger partial charge in [0, 0.05) is 17.4 Å². The minimum atomic E-state index is -1.01. The van der Waals surface area contributed by atoms with Gasteiger partial charge in [-0.15, -0.1) is 11.8 Å². The molecule has 2 aromatic rings. The van der Waals surface area contributed by atoms with Crippen molar-refractivity contribution < 1.29 is 14.5 Å². The molecule has 0 saturated heterocycles. The molecule has 0 fully saturated rings. The highest BCUT2D eigenvalue weighted by Crippen LogP contribution is 2.38. The second-order valence-electron chi connectivity index (χ2n) is 7.06. The van der Waals surface area contributed by atoms with Crippen molar-refractivity contribution in [1.82, 2.24) is 0 Å². The Bertz CT molecular complexity index is 945. The van der Waals surface area contributed by atoms with Gasteiger partial charge in [-0.25, -0.2) is 0 Å². The summed E-state index contributed by atoms with van der Waals surface area (Å²) in [6.07, 6.45) is 0. The van der Waals surface area contributed by atoms with Crippen molar-refractivity contribution in [3.63, 3.8) is 0 Å². The second kappa shape index (κ2) is 7.63. The lowest BCUT2D eigenvalue weighted by atomic mass is 9.96. The van der Waals surface area contributed by atoms with E-state index in [4.69, 9.17) is 0 Å². The highest BCUT2D eigenvalue weighted by atomic mass is 32.2. The van der Waals surface area contributed by atoms with E-state index in [9.17, 15) is 19.7 Å². The fourth-order valence-electron chi connectivity index (χ4n) is 3.15. The summed E-state index contributed by atoms with van der Waals surface area (Å²) in [7, 11) is 0. The zero-order chi connectivity index (χ0) is 20.5. The molecule has 1 aliphatic heterocycles. The highest BCUT2D eigenvalue weighted by molar-refractivity contribution is 8.00. The molecular formula is C20H21N3O4S. The van der Waals surface area contributed by atoms with E-state index in [0.29, 0.717) is 11.4 Å². The van der Waals surface area contributed by atoms with Crippen LogP contribution in [0.4, 0.5) is 17.1 Å². The molecule has 0 aliphatic carbocycles. The normalized spacial score (nSPS) is 16.1. The number of nitro groups is 1. The van der Waals surface area contributed by atoms with Crippen LogP contribution < -0.4 is 10.2 Å². The topological polar surface area (TPSA) is 92.6 Å². The summed E-state index contributed by atoms with van der Waals surface area (Å²) in [5.41, 5.74) is 1.07. The van der Waals surface area contributed by atoms with Crippen LogP contribution in [0.2, 0.25) is 0 Å². The first-order valence-electron chi connectivity index (χ1n) is 8.81. The zero-order valence-electron chi connectivity index (χ0n) is 15.8. The van der Waals surface area contributed by atoms with Crippen molar-refractivity contribution in [1.29, 1.82) is 0 Å². The number of non-ortho nitro benzene ring substituents is 1. The number of para-hydroxylation sites is 2. The summed E-state index contributed by atoms with van der Waals surface area (Å²) in [5, 5.41) is 13.7. The Morgan fingerprint density at radius 3 is 2.68 bits per heavy atom. The molecule has 3 rings (SSSR count). The van der Waals surface area contributed by atoms with Crippen LogP contribution in [0, 0.1) is 10.1 Å². The Hall–Kier alpha value is -2.87. The Labute approximate surface area is 167 Å². The molecule has 1 N–H and O–H groups in total.